The van der Waals surface area contributed by atoms with Gasteiger partial charge in [0.25, 0.3) is 8.32 Å². The molecule has 2 aromatic rings. The van der Waals surface area contributed by atoms with Crippen molar-refractivity contribution in [2.45, 2.75) is 44.7 Å². The molecule has 0 saturated carbocycles. The Morgan fingerprint density at radius 1 is 1.00 bits per heavy atom. The van der Waals surface area contributed by atoms with E-state index in [0.29, 0.717) is 0 Å². The number of carbonyl (C=O) groups excluding carboxylic acids is 2. The van der Waals surface area contributed by atoms with Crippen molar-refractivity contribution in [3.8, 4) is 0 Å². The van der Waals surface area contributed by atoms with E-state index in [1.165, 1.54) is 6.08 Å². The molecule has 1 atom stereocenters. The lowest BCUT2D eigenvalue weighted by Gasteiger charge is -2.43. The molecule has 0 fully saturated rings. The van der Waals surface area contributed by atoms with Crippen molar-refractivity contribution in [3.05, 3.63) is 72.8 Å². The summed E-state index contributed by atoms with van der Waals surface area (Å²) in [5.41, 5.74) is 5.01. The predicted octanol–water partition coefficient (Wildman–Crippen LogP) is 2.56. The summed E-state index contributed by atoms with van der Waals surface area (Å²) in [6.45, 7) is 6.56. The highest BCUT2D eigenvalue weighted by Gasteiger charge is 2.50. The minimum atomic E-state index is -2.75. The number of carbonyl (C=O) groups is 3. The number of carboxylic acids is 1. The molecule has 0 aromatic heterocycles. The smallest absolute Gasteiger partial charge is 0.407 e. The summed E-state index contributed by atoms with van der Waals surface area (Å²) in [7, 11) is -2.75. The predicted molar refractivity (Wildman–Crippen MR) is 137 cm³/mol. The van der Waals surface area contributed by atoms with Gasteiger partial charge in [-0.05, 0) is 34.3 Å². The average molecular weight is 499 g/mol. The van der Waals surface area contributed by atoms with Crippen LogP contribution >= 0.6 is 0 Å². The number of allylic oxidation sites excluding steroid dienone is 1. The molecule has 0 saturated heterocycles. The number of nitrogens with two attached hydrogens (primary N) is 1. The summed E-state index contributed by atoms with van der Waals surface area (Å²) in [4.78, 5) is 34.4. The van der Waals surface area contributed by atoms with E-state index in [0.717, 1.165) is 16.4 Å². The van der Waals surface area contributed by atoms with Gasteiger partial charge in [-0.25, -0.2) is 9.59 Å². The van der Waals surface area contributed by atoms with Crippen LogP contribution in [0.3, 0.4) is 0 Å². The maximum Gasteiger partial charge on any atom is 0.407 e. The van der Waals surface area contributed by atoms with Crippen molar-refractivity contribution in [1.82, 2.24) is 5.32 Å². The Hall–Kier alpha value is -3.43. The first-order valence-electron chi connectivity index (χ1n) is 11.4. The van der Waals surface area contributed by atoms with Gasteiger partial charge < -0.3 is 25.3 Å². The molecule has 2 rings (SSSR count). The lowest BCUT2D eigenvalue weighted by molar-refractivity contribution is -0.139. The molecule has 2 aromatic carbocycles. The Balaban J connectivity index is 2.07. The van der Waals surface area contributed by atoms with Gasteiger partial charge in [0.05, 0.1) is 6.61 Å². The number of carboxylic acid groups (broad SMARTS) is 1. The van der Waals surface area contributed by atoms with E-state index >= 15 is 0 Å². The number of aliphatic carboxylic acids is 1. The van der Waals surface area contributed by atoms with Crippen molar-refractivity contribution < 1.29 is 28.7 Å². The first-order valence-corrected chi connectivity index (χ1v) is 13.4. The van der Waals surface area contributed by atoms with E-state index < -0.39 is 32.3 Å². The molecule has 0 unspecified atom stereocenters. The van der Waals surface area contributed by atoms with Gasteiger partial charge in [-0.15, -0.1) is 0 Å². The summed E-state index contributed by atoms with van der Waals surface area (Å²) in [6.07, 6.45) is 2.12. The zero-order valence-corrected chi connectivity index (χ0v) is 21.4. The van der Waals surface area contributed by atoms with Gasteiger partial charge >= 0.3 is 12.1 Å². The number of alkyl carbamates (subject to hydrolysis) is 1. The summed E-state index contributed by atoms with van der Waals surface area (Å²) >= 11 is 0. The molecule has 8 nitrogen and oxygen atoms in total. The van der Waals surface area contributed by atoms with E-state index in [4.69, 9.17) is 14.9 Å². The lowest BCUT2D eigenvalue weighted by Crippen LogP contribution is -2.66. The molecule has 0 aliphatic carbocycles. The van der Waals surface area contributed by atoms with Crippen LogP contribution in [0.2, 0.25) is 5.04 Å². The highest BCUT2D eigenvalue weighted by Crippen LogP contribution is 2.36. The van der Waals surface area contributed by atoms with Crippen LogP contribution in [0, 0.1) is 0 Å². The second kappa shape index (κ2) is 12.9. The van der Waals surface area contributed by atoms with E-state index in [9.17, 15) is 19.5 Å². The maximum absolute atomic E-state index is 12.2. The van der Waals surface area contributed by atoms with Crippen LogP contribution in [0.5, 0.6) is 0 Å². The number of amides is 2. The molecule has 0 bridgehead atoms. The monoisotopic (exact) mass is 498 g/mol. The Labute approximate surface area is 207 Å². The first-order chi connectivity index (χ1) is 16.6. The molecule has 35 heavy (non-hydrogen) atoms. The Bertz CT molecular complexity index is 966. The zero-order chi connectivity index (χ0) is 25.9. The van der Waals surface area contributed by atoms with E-state index in [-0.39, 0.29) is 31.1 Å². The van der Waals surface area contributed by atoms with Gasteiger partial charge in [0.1, 0.15) is 12.6 Å². The topological polar surface area (TPSA) is 128 Å². The van der Waals surface area contributed by atoms with Gasteiger partial charge in [0.15, 0.2) is 0 Å². The largest absolute Gasteiger partial charge is 0.480 e. The van der Waals surface area contributed by atoms with Crippen molar-refractivity contribution in [2.24, 2.45) is 5.73 Å². The number of nitrogens with one attached hydrogen (secondary N) is 1. The SMILES string of the molecule is CC(C)(C)[Si](OCCOC(=O)N[C@@H](CC/C=C/C(N)=O)C(=O)O)(c1ccccc1)c1ccccc1. The molecule has 2 amide bonds. The number of primary amides is 1. The second-order valence-electron chi connectivity index (χ2n) is 9.06. The Kier molecular flexibility index (Phi) is 10.2. The third-order valence-electron chi connectivity index (χ3n) is 5.55. The normalized spacial score (nSPS) is 12.8. The van der Waals surface area contributed by atoms with Crippen molar-refractivity contribution in [3.63, 3.8) is 0 Å². The fraction of sp³-hybridized carbons (Fsp3) is 0.346. The second-order valence-corrected chi connectivity index (χ2v) is 13.4. The minimum Gasteiger partial charge on any atom is -0.480 e. The number of rotatable bonds is 12. The molecule has 188 valence electrons. The van der Waals surface area contributed by atoms with Crippen LogP contribution in [-0.4, -0.2) is 50.6 Å². The van der Waals surface area contributed by atoms with Crippen LogP contribution in [-0.2, 0) is 18.8 Å². The number of hydrogen-bond donors (Lipinski definition) is 3. The third kappa shape index (κ3) is 7.80. The average Bonchev–Trinajstić information content (AvgIpc) is 2.81. The quantitative estimate of drug-likeness (QED) is 0.234. The summed E-state index contributed by atoms with van der Waals surface area (Å²) in [6, 6.07) is 19.0. The number of hydrogen-bond acceptors (Lipinski definition) is 5. The summed E-state index contributed by atoms with van der Waals surface area (Å²) < 4.78 is 11.9. The van der Waals surface area contributed by atoms with Gasteiger partial charge in [-0.2, -0.15) is 0 Å². The highest BCUT2D eigenvalue weighted by atomic mass is 28.4. The van der Waals surface area contributed by atoms with E-state index in [1.54, 1.807) is 0 Å². The van der Waals surface area contributed by atoms with Gasteiger partial charge in [-0.3, -0.25) is 4.79 Å². The fourth-order valence-electron chi connectivity index (χ4n) is 3.99. The standard InChI is InChI=1S/C26H34N2O6Si/c1-26(2,3)35(20-12-6-4-7-13-20,21-14-8-5-9-15-21)34-19-18-33-25(32)28-22(24(30)31)16-10-11-17-23(27)29/h4-9,11-15,17,22H,10,16,18-19H2,1-3H3,(H2,27,29)(H,28,32)(H,30,31)/b17-11+/t22-/m0/s1. The molecular weight excluding hydrogens is 464 g/mol. The van der Waals surface area contributed by atoms with Crippen molar-refractivity contribution in [1.29, 1.82) is 0 Å². The number of benzene rings is 2. The van der Waals surface area contributed by atoms with Crippen molar-refractivity contribution in [2.75, 3.05) is 13.2 Å². The molecule has 0 aliphatic rings. The molecule has 0 spiro atoms. The van der Waals surface area contributed by atoms with Crippen LogP contribution in [0.4, 0.5) is 4.79 Å². The lowest BCUT2D eigenvalue weighted by atomic mass is 10.1. The minimum absolute atomic E-state index is 0.0375. The van der Waals surface area contributed by atoms with Crippen molar-refractivity contribution >= 4 is 36.7 Å². The first kappa shape index (κ1) is 27.8. The van der Waals surface area contributed by atoms with Crippen LogP contribution in [0.15, 0.2) is 72.8 Å². The highest BCUT2D eigenvalue weighted by molar-refractivity contribution is 6.99. The molecule has 0 radical (unpaired) electrons. The molecule has 0 aliphatic heterocycles. The van der Waals surface area contributed by atoms with Gasteiger partial charge in [-0.1, -0.05) is 87.5 Å². The molecule has 0 heterocycles. The third-order valence-corrected chi connectivity index (χ3v) is 10.6. The van der Waals surface area contributed by atoms with E-state index in [1.807, 2.05) is 36.4 Å². The van der Waals surface area contributed by atoms with E-state index in [2.05, 4.69) is 50.4 Å². The molecular formula is C26H34N2O6Si. The molecule has 4 N–H and O–H groups in total. The zero-order valence-electron chi connectivity index (χ0n) is 20.4. The summed E-state index contributed by atoms with van der Waals surface area (Å²) in [5.74, 6) is -1.82. The Morgan fingerprint density at radius 3 is 2.00 bits per heavy atom. The Morgan fingerprint density at radius 2 is 1.54 bits per heavy atom. The number of ether oxygens (including phenoxy) is 1. The maximum atomic E-state index is 12.2. The fourth-order valence-corrected chi connectivity index (χ4v) is 8.54. The van der Waals surface area contributed by atoms with Crippen LogP contribution in [0.25, 0.3) is 0 Å². The van der Waals surface area contributed by atoms with Gasteiger partial charge in [0.2, 0.25) is 5.91 Å². The summed E-state index contributed by atoms with van der Waals surface area (Å²) in [5, 5.41) is 13.7. The van der Waals surface area contributed by atoms with Crippen LogP contribution in [0.1, 0.15) is 33.6 Å². The van der Waals surface area contributed by atoms with Gasteiger partial charge in [0, 0.05) is 0 Å². The van der Waals surface area contributed by atoms with Crippen LogP contribution < -0.4 is 21.4 Å². The molecule has 9 heteroatoms.